The highest BCUT2D eigenvalue weighted by Gasteiger charge is 2.32. The zero-order valence-corrected chi connectivity index (χ0v) is 14.8. The minimum Gasteiger partial charge on any atom is -0.343 e. The lowest BCUT2D eigenvalue weighted by Crippen LogP contribution is -2.48. The molecule has 1 aliphatic carbocycles. The van der Waals surface area contributed by atoms with Gasteiger partial charge in [-0.1, -0.05) is 35.2 Å². The summed E-state index contributed by atoms with van der Waals surface area (Å²) < 4.78 is 0.931. The van der Waals surface area contributed by atoms with Crippen LogP contribution in [0.4, 0.5) is 0 Å². The minimum absolute atomic E-state index is 0.0412. The van der Waals surface area contributed by atoms with E-state index in [1.807, 2.05) is 17.0 Å². The molecule has 124 valence electrons. The molecule has 1 aliphatic heterocycles. The molecule has 2 atom stereocenters. The quantitative estimate of drug-likeness (QED) is 0.877. The molecule has 2 amide bonds. The molecular weight excluding hydrogens is 356 g/mol. The van der Waals surface area contributed by atoms with E-state index in [9.17, 15) is 9.59 Å². The normalized spacial score (nSPS) is 24.0. The summed E-state index contributed by atoms with van der Waals surface area (Å²) in [7, 11) is 0. The number of nitrogens with one attached hydrogen (secondary N) is 1. The molecule has 0 spiro atoms. The third-order valence-electron chi connectivity index (χ3n) is 5.15. The number of likely N-dealkylation sites (tertiary alicyclic amines) is 1. The molecule has 0 aromatic heterocycles. The topological polar surface area (TPSA) is 49.4 Å². The van der Waals surface area contributed by atoms with E-state index in [0.717, 1.165) is 29.9 Å². The first-order valence-electron chi connectivity index (χ1n) is 8.45. The Morgan fingerprint density at radius 1 is 1.09 bits per heavy atom. The van der Waals surface area contributed by atoms with Crippen LogP contribution >= 0.6 is 15.9 Å². The van der Waals surface area contributed by atoms with E-state index < -0.39 is 0 Å². The van der Waals surface area contributed by atoms with E-state index in [2.05, 4.69) is 21.2 Å². The molecule has 1 saturated carbocycles. The summed E-state index contributed by atoms with van der Waals surface area (Å²) in [6, 6.07) is 7.14. The number of hydrogen-bond donors (Lipinski definition) is 1. The van der Waals surface area contributed by atoms with Gasteiger partial charge in [-0.05, 0) is 48.9 Å². The van der Waals surface area contributed by atoms with Gasteiger partial charge in [-0.2, -0.15) is 0 Å². The van der Waals surface area contributed by atoms with Gasteiger partial charge in [-0.3, -0.25) is 9.59 Å². The second-order valence-electron chi connectivity index (χ2n) is 6.62. The molecule has 3 rings (SSSR count). The van der Waals surface area contributed by atoms with Crippen molar-refractivity contribution in [3.63, 3.8) is 0 Å². The molecule has 2 aliphatic rings. The lowest BCUT2D eigenvalue weighted by Gasteiger charge is -2.41. The average molecular weight is 379 g/mol. The third kappa shape index (κ3) is 4.14. The van der Waals surface area contributed by atoms with Gasteiger partial charge in [0.2, 0.25) is 5.91 Å². The van der Waals surface area contributed by atoms with E-state index in [-0.39, 0.29) is 18.4 Å². The van der Waals surface area contributed by atoms with E-state index in [4.69, 9.17) is 0 Å². The Morgan fingerprint density at radius 2 is 1.78 bits per heavy atom. The van der Waals surface area contributed by atoms with Crippen molar-refractivity contribution in [3.8, 4) is 0 Å². The van der Waals surface area contributed by atoms with E-state index in [1.54, 1.807) is 12.1 Å². The molecule has 2 fully saturated rings. The van der Waals surface area contributed by atoms with Gasteiger partial charge < -0.3 is 10.2 Å². The first kappa shape index (κ1) is 16.5. The average Bonchev–Trinajstić information content (AvgIpc) is 2.59. The van der Waals surface area contributed by atoms with Gasteiger partial charge in [-0.25, -0.2) is 0 Å². The molecule has 1 aromatic carbocycles. The lowest BCUT2D eigenvalue weighted by molar-refractivity contribution is -0.133. The number of benzene rings is 1. The summed E-state index contributed by atoms with van der Waals surface area (Å²) >= 11 is 3.34. The van der Waals surface area contributed by atoms with Crippen LogP contribution in [0.3, 0.4) is 0 Å². The Kier molecular flexibility index (Phi) is 5.36. The van der Waals surface area contributed by atoms with Gasteiger partial charge >= 0.3 is 0 Å². The van der Waals surface area contributed by atoms with Gasteiger partial charge in [-0.15, -0.1) is 0 Å². The maximum Gasteiger partial charge on any atom is 0.251 e. The number of carbonyl (C=O) groups is 2. The number of hydrogen-bond acceptors (Lipinski definition) is 2. The van der Waals surface area contributed by atoms with Crippen molar-refractivity contribution < 1.29 is 9.59 Å². The fraction of sp³-hybridized carbons (Fsp3) is 0.556. The van der Waals surface area contributed by atoms with Gasteiger partial charge in [0, 0.05) is 23.1 Å². The molecule has 1 heterocycles. The zero-order valence-electron chi connectivity index (χ0n) is 13.3. The monoisotopic (exact) mass is 378 g/mol. The second-order valence-corrected chi connectivity index (χ2v) is 7.54. The Hall–Kier alpha value is -1.36. The molecule has 4 nitrogen and oxygen atoms in total. The van der Waals surface area contributed by atoms with Crippen LogP contribution in [0.5, 0.6) is 0 Å². The molecule has 1 N–H and O–H groups in total. The predicted octanol–water partition coefficient (Wildman–Crippen LogP) is 3.22. The van der Waals surface area contributed by atoms with Crippen molar-refractivity contribution in [3.05, 3.63) is 34.3 Å². The molecule has 1 saturated heterocycles. The number of rotatable bonds is 3. The van der Waals surface area contributed by atoms with Crippen molar-refractivity contribution >= 4 is 27.7 Å². The number of piperidine rings is 1. The highest BCUT2D eigenvalue weighted by molar-refractivity contribution is 9.10. The van der Waals surface area contributed by atoms with E-state index in [1.165, 1.54) is 25.7 Å². The maximum atomic E-state index is 12.4. The molecule has 1 aromatic rings. The first-order valence-corrected chi connectivity index (χ1v) is 9.24. The van der Waals surface area contributed by atoms with E-state index >= 15 is 0 Å². The molecule has 0 unspecified atom stereocenters. The minimum atomic E-state index is -0.196. The molecule has 5 heteroatoms. The summed E-state index contributed by atoms with van der Waals surface area (Å²) in [6.45, 7) is 1.80. The fourth-order valence-corrected chi connectivity index (χ4v) is 4.06. The Bertz CT molecular complexity index is 573. The fourth-order valence-electron chi connectivity index (χ4n) is 3.80. The predicted molar refractivity (Wildman–Crippen MR) is 93.1 cm³/mol. The summed E-state index contributed by atoms with van der Waals surface area (Å²) in [6.07, 6.45) is 6.34. The smallest absolute Gasteiger partial charge is 0.251 e. The van der Waals surface area contributed by atoms with Gasteiger partial charge in [0.1, 0.15) is 0 Å². The van der Waals surface area contributed by atoms with Crippen molar-refractivity contribution in [2.75, 3.05) is 19.6 Å². The number of halogens is 1. The molecule has 0 bridgehead atoms. The van der Waals surface area contributed by atoms with Gasteiger partial charge in [0.25, 0.3) is 5.91 Å². The van der Waals surface area contributed by atoms with Crippen molar-refractivity contribution in [1.29, 1.82) is 0 Å². The first-order chi connectivity index (χ1) is 11.1. The van der Waals surface area contributed by atoms with Crippen LogP contribution in [0.25, 0.3) is 0 Å². The standard InChI is InChI=1S/C18H23BrN2O2/c19-16-7-5-14(6-8-16)18(23)20-11-17(22)21-10-9-13-3-1-2-4-15(13)12-21/h5-8,13,15H,1-4,9-12H2,(H,20,23)/t13-,15-/m0/s1. The molecular formula is C18H23BrN2O2. The maximum absolute atomic E-state index is 12.4. The number of fused-ring (bicyclic) bond motifs is 1. The van der Waals surface area contributed by atoms with Crippen molar-refractivity contribution in [2.24, 2.45) is 11.8 Å². The number of nitrogens with zero attached hydrogens (tertiary/aromatic N) is 1. The highest BCUT2D eigenvalue weighted by Crippen LogP contribution is 2.35. The molecule has 23 heavy (non-hydrogen) atoms. The van der Waals surface area contributed by atoms with Gasteiger partial charge in [0.15, 0.2) is 0 Å². The summed E-state index contributed by atoms with van der Waals surface area (Å²) in [5.74, 6) is 1.33. The lowest BCUT2D eigenvalue weighted by atomic mass is 9.75. The second kappa shape index (κ2) is 7.47. The van der Waals surface area contributed by atoms with Crippen molar-refractivity contribution in [1.82, 2.24) is 10.2 Å². The van der Waals surface area contributed by atoms with Gasteiger partial charge in [0.05, 0.1) is 6.54 Å². The van der Waals surface area contributed by atoms with E-state index in [0.29, 0.717) is 11.5 Å². The van der Waals surface area contributed by atoms with Crippen LogP contribution in [0.1, 0.15) is 42.5 Å². The van der Waals surface area contributed by atoms with Crippen molar-refractivity contribution in [2.45, 2.75) is 32.1 Å². The Labute approximate surface area is 145 Å². The number of amides is 2. The third-order valence-corrected chi connectivity index (χ3v) is 5.68. The largest absolute Gasteiger partial charge is 0.343 e. The number of carbonyl (C=O) groups excluding carboxylic acids is 2. The highest BCUT2D eigenvalue weighted by atomic mass is 79.9. The summed E-state index contributed by atoms with van der Waals surface area (Å²) in [5.41, 5.74) is 0.576. The van der Waals surface area contributed by atoms with Crippen LogP contribution in [0, 0.1) is 11.8 Å². The van der Waals surface area contributed by atoms with Crippen LogP contribution in [-0.2, 0) is 4.79 Å². The SMILES string of the molecule is O=C(NCC(=O)N1CC[C@@H]2CCCC[C@H]2C1)c1ccc(Br)cc1. The zero-order chi connectivity index (χ0) is 16.2. The van der Waals surface area contributed by atoms with Crippen LogP contribution in [-0.4, -0.2) is 36.3 Å². The Morgan fingerprint density at radius 3 is 2.52 bits per heavy atom. The van der Waals surface area contributed by atoms with Crippen LogP contribution < -0.4 is 5.32 Å². The summed E-state index contributed by atoms with van der Waals surface area (Å²) in [5, 5.41) is 2.74. The van der Waals surface area contributed by atoms with Crippen LogP contribution in [0.15, 0.2) is 28.7 Å². The van der Waals surface area contributed by atoms with Crippen LogP contribution in [0.2, 0.25) is 0 Å². The molecule has 0 radical (unpaired) electrons. The summed E-state index contributed by atoms with van der Waals surface area (Å²) in [4.78, 5) is 26.4. The Balaban J connectivity index is 1.49.